The molecule has 2 amide bonds. The summed E-state index contributed by atoms with van der Waals surface area (Å²) >= 11 is 0. The third kappa shape index (κ3) is 12.1. The van der Waals surface area contributed by atoms with Crippen LogP contribution in [0.2, 0.25) is 0 Å². The summed E-state index contributed by atoms with van der Waals surface area (Å²) in [5, 5.41) is 5.74. The first-order valence-electron chi connectivity index (χ1n) is 23.2. The van der Waals surface area contributed by atoms with Gasteiger partial charge in [0, 0.05) is 50.7 Å². The molecule has 8 aromatic rings. The fourth-order valence-electron chi connectivity index (χ4n) is 7.92. The van der Waals surface area contributed by atoms with Gasteiger partial charge >= 0.3 is 0 Å². The molecule has 0 saturated carbocycles. The number of carbonyl (C=O) groups is 2. The molecule has 76 heavy (non-hydrogen) atoms. The van der Waals surface area contributed by atoms with E-state index in [1.165, 1.54) is 98.9 Å². The quantitative estimate of drug-likeness (QED) is 0.0841. The molecule has 4 aromatic carbocycles. The standard InChI is InChI=1S/2C26H26FN5O5S/c2*1-15-5-8-23(20(27)9-15)38(35,36)31-22-11-18(12-29-25(22)37-4)17-6-7-21-19(10-17)26(34)32(14-30-21)13-16(2)24(33)28-3/h2*5-12,14,16,31H,13H2,1-4H3,(H,28,33)/t2*16-/m10/s1. The van der Waals surface area contributed by atoms with Crippen LogP contribution in [0.15, 0.2) is 129 Å². The highest BCUT2D eigenvalue weighted by Crippen LogP contribution is 2.33. The van der Waals surface area contributed by atoms with Crippen LogP contribution < -0.4 is 40.7 Å². The van der Waals surface area contributed by atoms with E-state index in [1.807, 2.05) is 0 Å². The van der Waals surface area contributed by atoms with Gasteiger partial charge in [-0.15, -0.1) is 0 Å². The average Bonchev–Trinajstić information content (AvgIpc) is 3.39. The minimum Gasteiger partial charge on any atom is -0.480 e. The number of fused-ring (bicyclic) bond motifs is 2. The minimum absolute atomic E-state index is 0.00641. The molecule has 0 saturated heterocycles. The second kappa shape index (κ2) is 22.9. The zero-order chi connectivity index (χ0) is 55.2. The Labute approximate surface area is 435 Å². The van der Waals surface area contributed by atoms with Crippen LogP contribution in [-0.2, 0) is 42.7 Å². The lowest BCUT2D eigenvalue weighted by molar-refractivity contribution is -0.125. The largest absolute Gasteiger partial charge is 0.480 e. The molecule has 0 radical (unpaired) electrons. The molecule has 0 aliphatic rings. The minimum atomic E-state index is -4.30. The Kier molecular flexibility index (Phi) is 16.6. The summed E-state index contributed by atoms with van der Waals surface area (Å²) < 4.78 is 98.5. The number of hydrogen-bond acceptors (Lipinski definition) is 14. The van der Waals surface area contributed by atoms with E-state index in [4.69, 9.17) is 9.47 Å². The zero-order valence-electron chi connectivity index (χ0n) is 42.3. The average molecular weight is 1080 g/mol. The maximum absolute atomic E-state index is 14.4. The SMILES string of the molecule is CNC(=O)[C@@H](C)Cn1cnc2ccc(-c3cnc(OC)c(NS(=O)(=O)c4ccc(C)cc4F)c3)cc2c1=O.CNC(=O)[C@H](C)Cn1cnc2ccc(-c3cnc(OC)c(NS(=O)(=O)c4ccc(C)cc4F)c3)cc2c1=O. The second-order valence-corrected chi connectivity index (χ2v) is 20.8. The number of nitrogens with zero attached hydrogens (tertiary/aromatic N) is 6. The van der Waals surface area contributed by atoms with E-state index < -0.39 is 53.3 Å². The summed E-state index contributed by atoms with van der Waals surface area (Å²) in [6.45, 7) is 7.02. The Morgan fingerprint density at radius 2 is 0.947 bits per heavy atom. The van der Waals surface area contributed by atoms with Crippen LogP contribution in [0.1, 0.15) is 25.0 Å². The van der Waals surface area contributed by atoms with Gasteiger partial charge in [0.2, 0.25) is 23.6 Å². The molecule has 20 nitrogen and oxygen atoms in total. The third-order valence-corrected chi connectivity index (χ3v) is 14.8. The van der Waals surface area contributed by atoms with Crippen molar-refractivity contribution in [3.05, 3.63) is 153 Å². The van der Waals surface area contributed by atoms with Gasteiger partial charge in [-0.2, -0.15) is 0 Å². The van der Waals surface area contributed by atoms with E-state index in [0.29, 0.717) is 55.2 Å². The maximum atomic E-state index is 14.4. The number of carbonyl (C=O) groups excluding carboxylic acids is 2. The van der Waals surface area contributed by atoms with Crippen LogP contribution in [0, 0.1) is 37.3 Å². The molecule has 0 fully saturated rings. The Bertz CT molecular complexity index is 3660. The summed E-state index contributed by atoms with van der Waals surface area (Å²) in [5.41, 5.74) is 3.48. The van der Waals surface area contributed by atoms with Crippen molar-refractivity contribution in [1.29, 1.82) is 0 Å². The number of rotatable bonds is 16. The number of ether oxygens (including phenoxy) is 2. The van der Waals surface area contributed by atoms with Crippen LogP contribution >= 0.6 is 0 Å². The fourth-order valence-corrected chi connectivity index (χ4v) is 10.1. The number of aryl methyl sites for hydroxylation is 2. The molecule has 2 atom stereocenters. The van der Waals surface area contributed by atoms with Crippen LogP contribution in [0.25, 0.3) is 44.1 Å². The van der Waals surface area contributed by atoms with Crippen LogP contribution in [0.5, 0.6) is 11.8 Å². The van der Waals surface area contributed by atoms with Crippen molar-refractivity contribution in [3.63, 3.8) is 0 Å². The lowest BCUT2D eigenvalue weighted by atomic mass is 10.0. The van der Waals surface area contributed by atoms with Crippen molar-refractivity contribution in [1.82, 2.24) is 39.7 Å². The number of amides is 2. The number of pyridine rings is 2. The van der Waals surface area contributed by atoms with Crippen molar-refractivity contribution in [3.8, 4) is 34.0 Å². The number of methoxy groups -OCH3 is 2. The first-order valence-corrected chi connectivity index (χ1v) is 26.1. The van der Waals surface area contributed by atoms with Gasteiger partial charge in [0.25, 0.3) is 31.2 Å². The van der Waals surface area contributed by atoms with Gasteiger partial charge in [-0.05, 0) is 96.8 Å². The molecular weight excluding hydrogens is 1030 g/mol. The molecule has 4 N–H and O–H groups in total. The van der Waals surface area contributed by atoms with E-state index in [0.717, 1.165) is 12.1 Å². The predicted molar refractivity (Wildman–Crippen MR) is 282 cm³/mol. The van der Waals surface area contributed by atoms with Gasteiger partial charge in [0.1, 0.15) is 32.8 Å². The van der Waals surface area contributed by atoms with Crippen molar-refractivity contribution in [2.45, 2.75) is 50.6 Å². The number of halogens is 2. The highest BCUT2D eigenvalue weighted by atomic mass is 32.2. The third-order valence-electron chi connectivity index (χ3n) is 12.0. The van der Waals surface area contributed by atoms with Gasteiger partial charge in [-0.25, -0.2) is 45.6 Å². The summed E-state index contributed by atoms with van der Waals surface area (Å²) in [7, 11) is -2.89. The number of anilines is 2. The van der Waals surface area contributed by atoms with Gasteiger partial charge in [0.15, 0.2) is 0 Å². The maximum Gasteiger partial charge on any atom is 0.264 e. The smallest absolute Gasteiger partial charge is 0.264 e. The van der Waals surface area contributed by atoms with Crippen molar-refractivity contribution >= 4 is 65.0 Å². The summed E-state index contributed by atoms with van der Waals surface area (Å²) in [6.07, 6.45) is 5.73. The molecule has 24 heteroatoms. The molecule has 0 unspecified atom stereocenters. The first-order chi connectivity index (χ1) is 36.1. The Morgan fingerprint density at radius 1 is 0.566 bits per heavy atom. The second-order valence-electron chi connectivity index (χ2n) is 17.5. The van der Waals surface area contributed by atoms with E-state index in [9.17, 15) is 44.8 Å². The molecule has 8 rings (SSSR count). The van der Waals surface area contributed by atoms with Crippen LogP contribution in [0.4, 0.5) is 20.2 Å². The van der Waals surface area contributed by atoms with Crippen LogP contribution in [0.3, 0.4) is 0 Å². The summed E-state index contributed by atoms with van der Waals surface area (Å²) in [6, 6.07) is 20.6. The lowest BCUT2D eigenvalue weighted by Gasteiger charge is -2.14. The molecule has 396 valence electrons. The Hall–Kier alpha value is -8.64. The normalized spacial score (nSPS) is 12.2. The molecule has 4 heterocycles. The topological polar surface area (TPSA) is 265 Å². The highest BCUT2D eigenvalue weighted by Gasteiger charge is 2.24. The monoisotopic (exact) mass is 1080 g/mol. The van der Waals surface area contributed by atoms with Crippen molar-refractivity contribution in [2.75, 3.05) is 37.8 Å². The number of hydrogen-bond donors (Lipinski definition) is 4. The number of aromatic nitrogens is 6. The zero-order valence-corrected chi connectivity index (χ0v) is 43.9. The molecule has 0 bridgehead atoms. The summed E-state index contributed by atoms with van der Waals surface area (Å²) in [4.78, 5) is 66.1. The van der Waals surface area contributed by atoms with Crippen molar-refractivity contribution in [2.24, 2.45) is 11.8 Å². The number of nitrogens with one attached hydrogen (secondary N) is 4. The highest BCUT2D eigenvalue weighted by molar-refractivity contribution is 7.93. The summed E-state index contributed by atoms with van der Waals surface area (Å²) in [5.74, 6) is -3.09. The molecule has 0 aliphatic heterocycles. The first kappa shape index (κ1) is 55.1. The van der Waals surface area contributed by atoms with E-state index in [-0.39, 0.29) is 59.2 Å². The van der Waals surface area contributed by atoms with E-state index in [2.05, 4.69) is 40.0 Å². The van der Waals surface area contributed by atoms with Gasteiger partial charge in [0.05, 0.1) is 60.5 Å². The van der Waals surface area contributed by atoms with Crippen molar-refractivity contribution < 1.29 is 44.7 Å². The number of benzene rings is 4. The lowest BCUT2D eigenvalue weighted by Crippen LogP contribution is -2.32. The Morgan fingerprint density at radius 3 is 1.29 bits per heavy atom. The fraction of sp³-hybridized carbons (Fsp3) is 0.231. The van der Waals surface area contributed by atoms with E-state index in [1.54, 1.807) is 64.1 Å². The van der Waals surface area contributed by atoms with Gasteiger partial charge in [-0.3, -0.25) is 37.8 Å². The predicted octanol–water partition coefficient (Wildman–Crippen LogP) is 6.20. The van der Waals surface area contributed by atoms with Gasteiger partial charge < -0.3 is 20.1 Å². The van der Waals surface area contributed by atoms with Crippen LogP contribution in [-0.4, -0.2) is 86.0 Å². The molecule has 0 aliphatic carbocycles. The van der Waals surface area contributed by atoms with E-state index >= 15 is 0 Å². The van der Waals surface area contributed by atoms with Gasteiger partial charge in [-0.1, -0.05) is 38.1 Å². The number of sulfonamides is 2. The molecule has 0 spiro atoms. The molecular formula is C52H52F2N10O10S2. The Balaban J connectivity index is 0.000000221. The molecule has 4 aromatic heterocycles.